The maximum absolute atomic E-state index is 13.1. The van der Waals surface area contributed by atoms with E-state index in [2.05, 4.69) is 34.5 Å². The molecule has 0 aromatic heterocycles. The van der Waals surface area contributed by atoms with E-state index < -0.39 is 0 Å². The summed E-state index contributed by atoms with van der Waals surface area (Å²) in [4.78, 5) is 15.7. The van der Waals surface area contributed by atoms with Crippen molar-refractivity contribution in [3.05, 3.63) is 63.1 Å². The number of likely N-dealkylation sites (tertiary alicyclic amines) is 1. The molecule has 36 heavy (non-hydrogen) atoms. The summed E-state index contributed by atoms with van der Waals surface area (Å²) in [5.41, 5.74) is 2.95. The summed E-state index contributed by atoms with van der Waals surface area (Å²) in [6, 6.07) is 12.3. The highest BCUT2D eigenvalue weighted by atomic mass is 35.5. The first kappa shape index (κ1) is 25.4. The molecule has 2 aromatic carbocycles. The van der Waals surface area contributed by atoms with Crippen LogP contribution in [0.3, 0.4) is 0 Å². The van der Waals surface area contributed by atoms with Crippen molar-refractivity contribution in [3.63, 3.8) is 0 Å². The molecule has 0 bridgehead atoms. The average molecular weight is 530 g/mol. The number of nitrogens with zero attached hydrogens (tertiary/aromatic N) is 1. The number of carbonyl (C=O) groups excluding carboxylic acids is 1. The number of piperidine rings is 1. The highest BCUT2D eigenvalue weighted by Crippen LogP contribution is 2.35. The van der Waals surface area contributed by atoms with Gasteiger partial charge in [-0.25, -0.2) is 0 Å². The molecule has 2 aliphatic heterocycles. The Morgan fingerprint density at radius 1 is 1.08 bits per heavy atom. The maximum atomic E-state index is 13.1. The van der Waals surface area contributed by atoms with Crippen LogP contribution < -0.4 is 14.8 Å². The lowest BCUT2D eigenvalue weighted by molar-refractivity contribution is -0.118. The van der Waals surface area contributed by atoms with E-state index in [1.165, 1.54) is 24.8 Å². The number of hydrogen-bond donors (Lipinski definition) is 1. The minimum Gasteiger partial charge on any atom is -0.497 e. The third kappa shape index (κ3) is 6.01. The first-order valence-electron chi connectivity index (χ1n) is 13.0. The van der Waals surface area contributed by atoms with Gasteiger partial charge in [-0.1, -0.05) is 35.3 Å². The Morgan fingerprint density at radius 2 is 1.83 bits per heavy atom. The Morgan fingerprint density at radius 3 is 2.58 bits per heavy atom. The lowest BCUT2D eigenvalue weighted by atomic mass is 9.89. The van der Waals surface area contributed by atoms with Crippen molar-refractivity contribution in [2.45, 2.75) is 50.5 Å². The molecular formula is C29H34Cl2N2O3. The number of fused-ring (bicyclic) bond motifs is 1. The monoisotopic (exact) mass is 528 g/mol. The van der Waals surface area contributed by atoms with Crippen LogP contribution in [0.2, 0.25) is 10.0 Å². The third-order valence-corrected chi connectivity index (χ3v) is 8.59. The number of benzene rings is 2. The summed E-state index contributed by atoms with van der Waals surface area (Å²) in [5, 5.41) is 4.21. The highest BCUT2D eigenvalue weighted by molar-refractivity contribution is 6.42. The summed E-state index contributed by atoms with van der Waals surface area (Å²) in [5.74, 6) is 2.87. The van der Waals surface area contributed by atoms with Crippen LogP contribution in [0, 0.1) is 5.92 Å². The number of rotatable bonds is 6. The largest absolute Gasteiger partial charge is 0.497 e. The number of halogens is 2. The second-order valence-electron chi connectivity index (χ2n) is 10.3. The molecular weight excluding hydrogens is 495 g/mol. The second-order valence-corrected chi connectivity index (χ2v) is 11.1. The molecule has 1 saturated heterocycles. The Kier molecular flexibility index (Phi) is 8.09. The normalized spacial score (nSPS) is 22.8. The molecule has 7 heteroatoms. The lowest BCUT2D eigenvalue weighted by Crippen LogP contribution is -2.37. The SMILES string of the molecule is COc1ccc(C2CCN(C[C@H]3CC[C@@H](NC(=O)C4=Cc5cc(Cl)c(Cl)cc5OCC4)C3)CC2)cc1. The van der Waals surface area contributed by atoms with E-state index in [9.17, 15) is 4.79 Å². The fourth-order valence-electron chi connectivity index (χ4n) is 5.83. The minimum atomic E-state index is 0.00322. The first-order chi connectivity index (χ1) is 17.5. The zero-order valence-corrected chi connectivity index (χ0v) is 22.3. The van der Waals surface area contributed by atoms with Crippen molar-refractivity contribution >= 4 is 35.2 Å². The molecule has 0 spiro atoms. The standard InChI is InChI=1S/C29H34Cl2N2O3/c1-35-25-6-3-20(4-7-25)21-8-11-33(12-9-21)18-19-2-5-24(14-19)32-29(34)22-10-13-36-28-17-27(31)26(30)16-23(28)15-22/h3-4,6-7,15-17,19,21,24H,2,5,8-14,18H2,1H3,(H,32,34)/t19-,24+/m0/s1. The first-order valence-corrected chi connectivity index (χ1v) is 13.7. The van der Waals surface area contributed by atoms with Crippen LogP contribution in [0.25, 0.3) is 6.08 Å². The molecule has 0 unspecified atom stereocenters. The van der Waals surface area contributed by atoms with Gasteiger partial charge < -0.3 is 19.7 Å². The van der Waals surface area contributed by atoms with Crippen molar-refractivity contribution in [3.8, 4) is 11.5 Å². The van der Waals surface area contributed by atoms with Crippen LogP contribution in [-0.4, -0.2) is 50.2 Å². The van der Waals surface area contributed by atoms with Crippen molar-refractivity contribution < 1.29 is 14.3 Å². The van der Waals surface area contributed by atoms with E-state index in [0.29, 0.717) is 40.7 Å². The Labute approximate surface area is 223 Å². The average Bonchev–Trinajstić information content (AvgIpc) is 3.22. The van der Waals surface area contributed by atoms with Crippen LogP contribution in [0.5, 0.6) is 11.5 Å². The Balaban J connectivity index is 1.10. The van der Waals surface area contributed by atoms with Crippen molar-refractivity contribution in [2.24, 2.45) is 5.92 Å². The lowest BCUT2D eigenvalue weighted by Gasteiger charge is -2.33. The molecule has 3 aliphatic rings. The van der Waals surface area contributed by atoms with Crippen molar-refractivity contribution in [1.82, 2.24) is 10.2 Å². The smallest absolute Gasteiger partial charge is 0.247 e. The van der Waals surface area contributed by atoms with Crippen LogP contribution in [-0.2, 0) is 4.79 Å². The maximum Gasteiger partial charge on any atom is 0.247 e. The van der Waals surface area contributed by atoms with Gasteiger partial charge in [0.15, 0.2) is 0 Å². The summed E-state index contributed by atoms with van der Waals surface area (Å²) >= 11 is 12.3. The molecule has 2 fully saturated rings. The zero-order chi connectivity index (χ0) is 25.1. The quantitative estimate of drug-likeness (QED) is 0.475. The Hall–Kier alpha value is -2.21. The molecule has 0 radical (unpaired) electrons. The van der Waals surface area contributed by atoms with Gasteiger partial charge >= 0.3 is 0 Å². The molecule has 2 aromatic rings. The minimum absolute atomic E-state index is 0.00322. The summed E-state index contributed by atoms with van der Waals surface area (Å²) in [6.45, 7) is 3.86. The van der Waals surface area contributed by atoms with Gasteiger partial charge in [0, 0.05) is 36.2 Å². The summed E-state index contributed by atoms with van der Waals surface area (Å²) in [7, 11) is 1.71. The molecule has 2 heterocycles. The second kappa shape index (κ2) is 11.5. The van der Waals surface area contributed by atoms with E-state index in [-0.39, 0.29) is 11.9 Å². The van der Waals surface area contributed by atoms with Gasteiger partial charge in [0.05, 0.1) is 23.8 Å². The summed E-state index contributed by atoms with van der Waals surface area (Å²) < 4.78 is 11.1. The van der Waals surface area contributed by atoms with Crippen LogP contribution in [0.15, 0.2) is 42.0 Å². The third-order valence-electron chi connectivity index (χ3n) is 7.87. The van der Waals surface area contributed by atoms with Crippen molar-refractivity contribution in [1.29, 1.82) is 0 Å². The van der Waals surface area contributed by atoms with Gasteiger partial charge in [-0.05, 0) is 86.9 Å². The van der Waals surface area contributed by atoms with Crippen LogP contribution in [0.1, 0.15) is 55.6 Å². The predicted octanol–water partition coefficient (Wildman–Crippen LogP) is 6.33. The van der Waals surface area contributed by atoms with E-state index in [4.69, 9.17) is 32.7 Å². The summed E-state index contributed by atoms with van der Waals surface area (Å²) in [6.07, 6.45) is 8.11. The molecule has 1 amide bonds. The van der Waals surface area contributed by atoms with Crippen LogP contribution in [0.4, 0.5) is 0 Å². The van der Waals surface area contributed by atoms with E-state index in [1.807, 2.05) is 6.08 Å². The predicted molar refractivity (Wildman–Crippen MR) is 145 cm³/mol. The van der Waals surface area contributed by atoms with Gasteiger partial charge in [0.25, 0.3) is 0 Å². The van der Waals surface area contributed by atoms with E-state index >= 15 is 0 Å². The van der Waals surface area contributed by atoms with Gasteiger partial charge in [-0.15, -0.1) is 0 Å². The number of nitrogens with one attached hydrogen (secondary N) is 1. The number of carbonyl (C=O) groups is 1. The van der Waals surface area contributed by atoms with Gasteiger partial charge in [-0.2, -0.15) is 0 Å². The number of amides is 1. The molecule has 2 atom stereocenters. The molecule has 1 N–H and O–H groups in total. The molecule has 5 rings (SSSR count). The zero-order valence-electron chi connectivity index (χ0n) is 20.8. The fraction of sp³-hybridized carbons (Fsp3) is 0.483. The van der Waals surface area contributed by atoms with Gasteiger partial charge in [0.1, 0.15) is 11.5 Å². The Bertz CT molecular complexity index is 1110. The van der Waals surface area contributed by atoms with E-state index in [0.717, 1.165) is 49.4 Å². The van der Waals surface area contributed by atoms with Gasteiger partial charge in [-0.3, -0.25) is 4.79 Å². The topological polar surface area (TPSA) is 50.8 Å². The van der Waals surface area contributed by atoms with Crippen LogP contribution >= 0.6 is 23.2 Å². The number of ether oxygens (including phenoxy) is 2. The molecule has 5 nitrogen and oxygen atoms in total. The highest BCUT2D eigenvalue weighted by Gasteiger charge is 2.30. The number of hydrogen-bond acceptors (Lipinski definition) is 4. The molecule has 1 aliphatic carbocycles. The van der Waals surface area contributed by atoms with Crippen molar-refractivity contribution in [2.75, 3.05) is 33.4 Å². The molecule has 1 saturated carbocycles. The fourth-order valence-corrected chi connectivity index (χ4v) is 6.16. The number of methoxy groups -OCH3 is 1. The van der Waals surface area contributed by atoms with Gasteiger partial charge in [0.2, 0.25) is 5.91 Å². The molecule has 192 valence electrons. The van der Waals surface area contributed by atoms with E-state index in [1.54, 1.807) is 19.2 Å².